The molecule has 0 N–H and O–H groups in total. The van der Waals surface area contributed by atoms with Crippen molar-refractivity contribution in [3.8, 4) is 0 Å². The van der Waals surface area contributed by atoms with Gasteiger partial charge in [0.25, 0.3) is 0 Å². The number of hydrogen-bond donors (Lipinski definition) is 0. The summed E-state index contributed by atoms with van der Waals surface area (Å²) in [6, 6.07) is 0. The van der Waals surface area contributed by atoms with Crippen LogP contribution in [0, 0.1) is 0 Å². The Bertz CT molecular complexity index is 366. The van der Waals surface area contributed by atoms with Crippen LogP contribution in [0.25, 0.3) is 0 Å². The molecule has 1 aliphatic heterocycles. The lowest BCUT2D eigenvalue weighted by atomic mass is 9.95. The summed E-state index contributed by atoms with van der Waals surface area (Å²) in [6.07, 6.45) is 0. The van der Waals surface area contributed by atoms with Gasteiger partial charge in [0.05, 0.1) is 0 Å². The van der Waals surface area contributed by atoms with Gasteiger partial charge in [0.1, 0.15) is 6.54 Å². The molecule has 0 fully saturated rings. The molecular formula is C12H17NO. The van der Waals surface area contributed by atoms with Crippen LogP contribution in [0.4, 0.5) is 0 Å². The maximum absolute atomic E-state index is 11.6. The fourth-order valence-electron chi connectivity index (χ4n) is 1.59. The largest absolute Gasteiger partial charge is 0.292 e. The van der Waals surface area contributed by atoms with Crippen molar-refractivity contribution in [1.29, 1.82) is 0 Å². The number of Topliss-reactive ketones (excluding diaryl/α,β-unsaturated/α-hetero) is 1. The normalized spacial score (nSPS) is 19.5. The van der Waals surface area contributed by atoms with E-state index in [0.717, 1.165) is 16.9 Å². The molecule has 0 amide bonds. The molecule has 1 heterocycles. The van der Waals surface area contributed by atoms with Crippen molar-refractivity contribution in [2.75, 3.05) is 6.54 Å². The average Bonchev–Trinajstić information content (AvgIpc) is 2.44. The molecule has 0 aromatic carbocycles. The second-order valence-electron chi connectivity index (χ2n) is 3.95. The predicted molar refractivity (Wildman–Crippen MR) is 59.7 cm³/mol. The van der Waals surface area contributed by atoms with Crippen molar-refractivity contribution in [3.05, 3.63) is 22.3 Å². The second-order valence-corrected chi connectivity index (χ2v) is 3.95. The highest BCUT2D eigenvalue weighted by atomic mass is 16.1. The molecule has 0 unspecified atom stereocenters. The zero-order valence-electron chi connectivity index (χ0n) is 9.56. The number of rotatable bonds is 1. The average molecular weight is 191 g/mol. The molecular weight excluding hydrogens is 174 g/mol. The number of ketones is 1. The molecule has 76 valence electrons. The lowest BCUT2D eigenvalue weighted by molar-refractivity contribution is -0.113. The summed E-state index contributed by atoms with van der Waals surface area (Å²) >= 11 is 0. The Kier molecular flexibility index (Phi) is 3.04. The minimum absolute atomic E-state index is 0.153. The molecule has 2 heteroatoms. The van der Waals surface area contributed by atoms with Gasteiger partial charge < -0.3 is 0 Å². The fourth-order valence-corrected chi connectivity index (χ4v) is 1.59. The van der Waals surface area contributed by atoms with Gasteiger partial charge in [0, 0.05) is 11.3 Å². The topological polar surface area (TPSA) is 29.4 Å². The van der Waals surface area contributed by atoms with E-state index >= 15 is 0 Å². The van der Waals surface area contributed by atoms with Crippen LogP contribution in [-0.4, -0.2) is 18.0 Å². The summed E-state index contributed by atoms with van der Waals surface area (Å²) in [5.74, 6) is 0.153. The highest BCUT2D eigenvalue weighted by molar-refractivity contribution is 6.26. The SMILES string of the molecule is CC1=NCC(=O)C1=C(C)C(C)=C(C)C. The van der Waals surface area contributed by atoms with E-state index in [4.69, 9.17) is 0 Å². The molecule has 14 heavy (non-hydrogen) atoms. The van der Waals surface area contributed by atoms with Crippen LogP contribution in [0.15, 0.2) is 27.3 Å². The Hall–Kier alpha value is -1.18. The maximum Gasteiger partial charge on any atom is 0.186 e. The molecule has 0 aliphatic carbocycles. The lowest BCUT2D eigenvalue weighted by Crippen LogP contribution is -2.07. The standard InChI is InChI=1S/C12H17NO/c1-7(2)8(3)9(4)12-10(5)13-6-11(12)14/h6H2,1-5H3. The van der Waals surface area contributed by atoms with Crippen LogP contribution in [0.5, 0.6) is 0 Å². The van der Waals surface area contributed by atoms with Crippen LogP contribution < -0.4 is 0 Å². The van der Waals surface area contributed by atoms with Gasteiger partial charge in [-0.05, 0) is 45.8 Å². The number of nitrogens with zero attached hydrogens (tertiary/aromatic N) is 1. The van der Waals surface area contributed by atoms with Crippen molar-refractivity contribution in [2.45, 2.75) is 34.6 Å². The number of allylic oxidation sites excluding steroid dienone is 3. The quantitative estimate of drug-likeness (QED) is 0.586. The lowest BCUT2D eigenvalue weighted by Gasteiger charge is -2.08. The summed E-state index contributed by atoms with van der Waals surface area (Å²) in [5.41, 5.74) is 5.23. The third-order valence-electron chi connectivity index (χ3n) is 2.79. The Morgan fingerprint density at radius 3 is 2.14 bits per heavy atom. The molecule has 0 saturated carbocycles. The molecule has 0 spiro atoms. The smallest absolute Gasteiger partial charge is 0.186 e. The van der Waals surface area contributed by atoms with Gasteiger partial charge in [0.2, 0.25) is 0 Å². The number of carbonyl (C=O) groups is 1. The number of aliphatic imine (C=N–C) groups is 1. The molecule has 2 nitrogen and oxygen atoms in total. The Balaban J connectivity index is 3.24. The van der Waals surface area contributed by atoms with Gasteiger partial charge in [-0.3, -0.25) is 9.79 Å². The molecule has 0 radical (unpaired) electrons. The second kappa shape index (κ2) is 3.91. The highest BCUT2D eigenvalue weighted by Gasteiger charge is 2.21. The Morgan fingerprint density at radius 2 is 1.79 bits per heavy atom. The van der Waals surface area contributed by atoms with Crippen LogP contribution >= 0.6 is 0 Å². The van der Waals surface area contributed by atoms with Gasteiger partial charge in [-0.25, -0.2) is 0 Å². The molecule has 0 aromatic heterocycles. The molecule has 0 aromatic rings. The van der Waals surface area contributed by atoms with Crippen molar-refractivity contribution in [3.63, 3.8) is 0 Å². The van der Waals surface area contributed by atoms with Crippen LogP contribution in [0.3, 0.4) is 0 Å². The van der Waals surface area contributed by atoms with Gasteiger partial charge in [-0.1, -0.05) is 5.57 Å². The van der Waals surface area contributed by atoms with Crippen molar-refractivity contribution in [1.82, 2.24) is 0 Å². The Morgan fingerprint density at radius 1 is 1.21 bits per heavy atom. The van der Waals surface area contributed by atoms with E-state index in [2.05, 4.69) is 25.8 Å². The van der Waals surface area contributed by atoms with Gasteiger partial charge in [-0.2, -0.15) is 0 Å². The van der Waals surface area contributed by atoms with Gasteiger partial charge in [-0.15, -0.1) is 0 Å². The molecule has 0 atom stereocenters. The first-order chi connectivity index (χ1) is 6.45. The summed E-state index contributed by atoms with van der Waals surface area (Å²) < 4.78 is 0. The summed E-state index contributed by atoms with van der Waals surface area (Å²) in [5, 5.41) is 0. The summed E-state index contributed by atoms with van der Waals surface area (Å²) in [7, 11) is 0. The fraction of sp³-hybridized carbons (Fsp3) is 0.500. The third-order valence-corrected chi connectivity index (χ3v) is 2.79. The number of hydrogen-bond acceptors (Lipinski definition) is 2. The van der Waals surface area contributed by atoms with Gasteiger partial charge in [0.15, 0.2) is 5.78 Å². The summed E-state index contributed by atoms with van der Waals surface area (Å²) in [6.45, 7) is 10.4. The van der Waals surface area contributed by atoms with Crippen molar-refractivity contribution in [2.24, 2.45) is 4.99 Å². The molecule has 0 bridgehead atoms. The van der Waals surface area contributed by atoms with E-state index in [1.807, 2.05) is 13.8 Å². The third kappa shape index (κ3) is 1.84. The highest BCUT2D eigenvalue weighted by Crippen LogP contribution is 2.22. The predicted octanol–water partition coefficient (Wildman–Crippen LogP) is 2.70. The monoisotopic (exact) mass is 191 g/mol. The van der Waals surface area contributed by atoms with Crippen molar-refractivity contribution < 1.29 is 4.79 Å². The van der Waals surface area contributed by atoms with Crippen LogP contribution in [0.2, 0.25) is 0 Å². The molecule has 1 aliphatic rings. The first-order valence-corrected chi connectivity index (χ1v) is 4.85. The van der Waals surface area contributed by atoms with E-state index < -0.39 is 0 Å². The first-order valence-electron chi connectivity index (χ1n) is 4.85. The number of carbonyl (C=O) groups excluding carboxylic acids is 1. The van der Waals surface area contributed by atoms with E-state index in [1.165, 1.54) is 11.1 Å². The van der Waals surface area contributed by atoms with Crippen molar-refractivity contribution >= 4 is 11.5 Å². The van der Waals surface area contributed by atoms with Crippen LogP contribution in [0.1, 0.15) is 34.6 Å². The minimum Gasteiger partial charge on any atom is -0.292 e. The summed E-state index contributed by atoms with van der Waals surface area (Å²) in [4.78, 5) is 15.7. The van der Waals surface area contributed by atoms with E-state index in [-0.39, 0.29) is 5.78 Å². The maximum atomic E-state index is 11.6. The van der Waals surface area contributed by atoms with E-state index in [9.17, 15) is 4.79 Å². The van der Waals surface area contributed by atoms with E-state index in [0.29, 0.717) is 6.54 Å². The molecule has 1 rings (SSSR count). The Labute approximate surface area is 85.4 Å². The first kappa shape index (κ1) is 10.9. The van der Waals surface area contributed by atoms with Gasteiger partial charge >= 0.3 is 0 Å². The van der Waals surface area contributed by atoms with E-state index in [1.54, 1.807) is 0 Å². The minimum atomic E-state index is 0.153. The van der Waals surface area contributed by atoms with Crippen LogP contribution in [-0.2, 0) is 4.79 Å². The molecule has 0 saturated heterocycles. The zero-order chi connectivity index (χ0) is 10.9. The zero-order valence-corrected chi connectivity index (χ0v) is 9.56.